The molecule has 0 aliphatic rings. The number of oxazole rings is 2. The van der Waals surface area contributed by atoms with Gasteiger partial charge >= 0.3 is 0 Å². The Labute approximate surface area is 118 Å². The van der Waals surface area contributed by atoms with Gasteiger partial charge in [0.15, 0.2) is 16.7 Å². The highest BCUT2D eigenvalue weighted by molar-refractivity contribution is 5.98. The molecule has 4 nitrogen and oxygen atoms in total. The van der Waals surface area contributed by atoms with E-state index in [1.165, 1.54) is 0 Å². The first kappa shape index (κ1) is 13.2. The predicted octanol–water partition coefficient (Wildman–Crippen LogP) is 4.56. The van der Waals surface area contributed by atoms with Gasteiger partial charge in [-0.05, 0) is 12.1 Å². The molecule has 2 heterocycles. The van der Waals surface area contributed by atoms with Gasteiger partial charge in [-0.25, -0.2) is 9.97 Å². The summed E-state index contributed by atoms with van der Waals surface area (Å²) in [6.07, 6.45) is 0. The molecule has 0 amide bonds. The summed E-state index contributed by atoms with van der Waals surface area (Å²) in [6.45, 7) is 12.5. The largest absolute Gasteiger partial charge is 0.440 e. The van der Waals surface area contributed by atoms with Gasteiger partial charge in [-0.3, -0.25) is 0 Å². The summed E-state index contributed by atoms with van der Waals surface area (Å²) >= 11 is 0. The van der Waals surface area contributed by atoms with Crippen molar-refractivity contribution in [3.8, 4) is 0 Å². The Hall–Kier alpha value is -1.84. The molecule has 2 aromatic heterocycles. The average Bonchev–Trinajstić information content (AvgIpc) is 2.90. The number of hydrogen-bond acceptors (Lipinski definition) is 4. The van der Waals surface area contributed by atoms with Crippen molar-refractivity contribution in [3.05, 3.63) is 23.9 Å². The van der Waals surface area contributed by atoms with Gasteiger partial charge in [0.25, 0.3) is 0 Å². The fourth-order valence-corrected chi connectivity index (χ4v) is 2.02. The maximum Gasteiger partial charge on any atom is 0.200 e. The number of rotatable bonds is 0. The van der Waals surface area contributed by atoms with Crippen molar-refractivity contribution >= 4 is 22.2 Å². The Bertz CT molecular complexity index is 715. The van der Waals surface area contributed by atoms with Gasteiger partial charge in [0.1, 0.15) is 5.52 Å². The van der Waals surface area contributed by atoms with Crippen LogP contribution >= 0.6 is 0 Å². The summed E-state index contributed by atoms with van der Waals surface area (Å²) in [4.78, 5) is 9.16. The van der Waals surface area contributed by atoms with Crippen molar-refractivity contribution in [1.82, 2.24) is 9.97 Å². The van der Waals surface area contributed by atoms with Gasteiger partial charge in [0, 0.05) is 10.8 Å². The standard InChI is InChI=1S/C16H20N2O2/c1-15(2,3)13-17-9-7-8-10-11(12(9)20-13)18-14(19-10)16(4,5)6/h7-8H,1-6H3. The lowest BCUT2D eigenvalue weighted by atomic mass is 9.97. The van der Waals surface area contributed by atoms with Crippen molar-refractivity contribution in [3.63, 3.8) is 0 Å². The number of aromatic nitrogens is 2. The Morgan fingerprint density at radius 2 is 1.40 bits per heavy atom. The van der Waals surface area contributed by atoms with Crippen LogP contribution in [0.5, 0.6) is 0 Å². The summed E-state index contributed by atoms with van der Waals surface area (Å²) < 4.78 is 11.8. The molecule has 0 radical (unpaired) electrons. The molecule has 0 saturated carbocycles. The van der Waals surface area contributed by atoms with Crippen LogP contribution in [-0.2, 0) is 10.8 Å². The van der Waals surface area contributed by atoms with Crippen LogP contribution < -0.4 is 0 Å². The van der Waals surface area contributed by atoms with Crippen LogP contribution in [0.15, 0.2) is 21.0 Å². The number of fused-ring (bicyclic) bond motifs is 3. The molecule has 0 aliphatic heterocycles. The molecule has 0 atom stereocenters. The summed E-state index contributed by atoms with van der Waals surface area (Å²) in [6, 6.07) is 3.84. The minimum absolute atomic E-state index is 0.123. The molecule has 0 bridgehead atoms. The normalized spacial score (nSPS) is 13.5. The van der Waals surface area contributed by atoms with Gasteiger partial charge in [0.05, 0.1) is 0 Å². The van der Waals surface area contributed by atoms with Gasteiger partial charge in [-0.15, -0.1) is 0 Å². The molecule has 3 rings (SSSR count). The minimum atomic E-state index is -0.127. The number of nitrogens with zero attached hydrogens (tertiary/aromatic N) is 2. The molecule has 0 N–H and O–H groups in total. The van der Waals surface area contributed by atoms with E-state index < -0.39 is 0 Å². The van der Waals surface area contributed by atoms with Gasteiger partial charge in [0.2, 0.25) is 11.8 Å². The highest BCUT2D eigenvalue weighted by atomic mass is 16.4. The molecule has 1 aromatic carbocycles. The zero-order valence-electron chi connectivity index (χ0n) is 12.9. The zero-order chi connectivity index (χ0) is 14.7. The maximum absolute atomic E-state index is 5.94. The van der Waals surface area contributed by atoms with Gasteiger partial charge < -0.3 is 8.83 Å². The van der Waals surface area contributed by atoms with Crippen LogP contribution in [0.1, 0.15) is 53.3 Å². The van der Waals surface area contributed by atoms with Crippen LogP contribution in [0.25, 0.3) is 22.2 Å². The van der Waals surface area contributed by atoms with Gasteiger partial charge in [-0.2, -0.15) is 0 Å². The Balaban J connectivity index is 2.30. The third-order valence-corrected chi connectivity index (χ3v) is 3.20. The molecule has 0 spiro atoms. The number of benzene rings is 1. The second kappa shape index (κ2) is 3.84. The number of hydrogen-bond donors (Lipinski definition) is 0. The highest BCUT2D eigenvalue weighted by Gasteiger charge is 2.25. The minimum Gasteiger partial charge on any atom is -0.440 e. The van der Waals surface area contributed by atoms with Crippen LogP contribution in [0, 0.1) is 0 Å². The lowest BCUT2D eigenvalue weighted by Gasteiger charge is -2.11. The molecule has 0 saturated heterocycles. The Morgan fingerprint density at radius 1 is 0.800 bits per heavy atom. The smallest absolute Gasteiger partial charge is 0.200 e. The van der Waals surface area contributed by atoms with E-state index in [9.17, 15) is 0 Å². The summed E-state index contributed by atoms with van der Waals surface area (Å²) in [7, 11) is 0. The Morgan fingerprint density at radius 3 is 2.00 bits per heavy atom. The lowest BCUT2D eigenvalue weighted by Crippen LogP contribution is -2.11. The topological polar surface area (TPSA) is 52.1 Å². The van der Waals surface area contributed by atoms with E-state index in [2.05, 4.69) is 51.5 Å². The SMILES string of the molecule is CC(C)(C)c1nc2c(ccc3nc(C(C)(C)C)oc32)o1. The third-order valence-electron chi connectivity index (χ3n) is 3.20. The second-order valence-electron chi connectivity index (χ2n) is 7.30. The first-order valence-electron chi connectivity index (χ1n) is 6.87. The van der Waals surface area contributed by atoms with E-state index in [1.807, 2.05) is 12.1 Å². The van der Waals surface area contributed by atoms with E-state index in [0.717, 1.165) is 22.5 Å². The monoisotopic (exact) mass is 272 g/mol. The highest BCUT2D eigenvalue weighted by Crippen LogP contribution is 2.33. The predicted molar refractivity (Wildman–Crippen MR) is 79.0 cm³/mol. The second-order valence-corrected chi connectivity index (χ2v) is 7.30. The van der Waals surface area contributed by atoms with E-state index in [4.69, 9.17) is 8.83 Å². The van der Waals surface area contributed by atoms with Gasteiger partial charge in [-0.1, -0.05) is 41.5 Å². The molecule has 106 valence electrons. The van der Waals surface area contributed by atoms with Crippen molar-refractivity contribution in [1.29, 1.82) is 0 Å². The zero-order valence-corrected chi connectivity index (χ0v) is 12.9. The van der Waals surface area contributed by atoms with Crippen molar-refractivity contribution in [2.75, 3.05) is 0 Å². The molecule has 4 heteroatoms. The molecular formula is C16H20N2O2. The fourth-order valence-electron chi connectivity index (χ4n) is 2.02. The Kier molecular flexibility index (Phi) is 2.53. The summed E-state index contributed by atoms with van der Waals surface area (Å²) in [5, 5.41) is 0. The lowest BCUT2D eigenvalue weighted by molar-refractivity contribution is 0.410. The first-order valence-corrected chi connectivity index (χ1v) is 6.87. The van der Waals surface area contributed by atoms with Crippen LogP contribution in [0.4, 0.5) is 0 Å². The molecular weight excluding hydrogens is 252 g/mol. The van der Waals surface area contributed by atoms with E-state index in [0.29, 0.717) is 11.5 Å². The van der Waals surface area contributed by atoms with Crippen LogP contribution in [-0.4, -0.2) is 9.97 Å². The van der Waals surface area contributed by atoms with Crippen LogP contribution in [0.2, 0.25) is 0 Å². The maximum atomic E-state index is 5.94. The van der Waals surface area contributed by atoms with E-state index in [-0.39, 0.29) is 10.8 Å². The molecule has 0 aliphatic carbocycles. The van der Waals surface area contributed by atoms with Crippen molar-refractivity contribution < 1.29 is 8.83 Å². The van der Waals surface area contributed by atoms with Crippen LogP contribution in [0.3, 0.4) is 0 Å². The molecule has 3 aromatic rings. The average molecular weight is 272 g/mol. The fraction of sp³-hybridized carbons (Fsp3) is 0.500. The van der Waals surface area contributed by atoms with Crippen molar-refractivity contribution in [2.24, 2.45) is 0 Å². The summed E-state index contributed by atoms with van der Waals surface area (Å²) in [5.41, 5.74) is 2.80. The molecule has 20 heavy (non-hydrogen) atoms. The van der Waals surface area contributed by atoms with E-state index >= 15 is 0 Å². The van der Waals surface area contributed by atoms with E-state index in [1.54, 1.807) is 0 Å². The quantitative estimate of drug-likeness (QED) is 0.601. The first-order chi connectivity index (χ1) is 9.16. The molecule has 0 fully saturated rings. The van der Waals surface area contributed by atoms with Crippen molar-refractivity contribution in [2.45, 2.75) is 52.4 Å². The third kappa shape index (κ3) is 1.99. The molecule has 0 unspecified atom stereocenters. The summed E-state index contributed by atoms with van der Waals surface area (Å²) in [5.74, 6) is 1.44.